The number of halogens is 1. The number of hydrogen-bond donors (Lipinski definition) is 6. The molecule has 0 fully saturated rings. The van der Waals surface area contributed by atoms with Crippen molar-refractivity contribution in [3.8, 4) is 0 Å². The first-order chi connectivity index (χ1) is 15.6. The molecule has 33 heavy (non-hydrogen) atoms. The van der Waals surface area contributed by atoms with E-state index in [1.807, 2.05) is 0 Å². The number of nitrogens with one attached hydrogen (secondary N) is 2. The van der Waals surface area contributed by atoms with Crippen molar-refractivity contribution in [3.05, 3.63) is 67.5 Å². The van der Waals surface area contributed by atoms with Gasteiger partial charge in [-0.1, -0.05) is 6.07 Å². The molecule has 0 bridgehead atoms. The Labute approximate surface area is 182 Å². The second-order valence-electron chi connectivity index (χ2n) is 6.91. The van der Waals surface area contributed by atoms with Crippen LogP contribution in [0.2, 0.25) is 0 Å². The number of benzene rings is 1. The molecule has 2 aromatic carbocycles. The molecule has 0 saturated heterocycles. The average Bonchev–Trinajstić information content (AvgIpc) is 3.09. The highest BCUT2D eigenvalue weighted by Crippen LogP contribution is 2.23. The summed E-state index contributed by atoms with van der Waals surface area (Å²) in [5.74, 6) is -3.20. The van der Waals surface area contributed by atoms with Gasteiger partial charge in [-0.25, -0.2) is 14.2 Å². The van der Waals surface area contributed by atoms with Gasteiger partial charge in [0.1, 0.15) is 28.6 Å². The Morgan fingerprint density at radius 1 is 1.09 bits per heavy atom. The number of nitrogens with two attached hydrogens (primary N) is 3. The van der Waals surface area contributed by atoms with Crippen LogP contribution in [0.1, 0.15) is 26.5 Å². The van der Waals surface area contributed by atoms with Crippen LogP contribution in [-0.2, 0) is 6.54 Å². The molecule has 13 nitrogen and oxygen atoms in total. The highest BCUT2D eigenvalue weighted by atomic mass is 19.1. The largest absolute Gasteiger partial charge is 0.477 e. The Kier molecular flexibility index (Phi) is 4.89. The van der Waals surface area contributed by atoms with Gasteiger partial charge in [0.05, 0.1) is 5.69 Å². The van der Waals surface area contributed by atoms with E-state index in [2.05, 4.69) is 20.6 Å². The van der Waals surface area contributed by atoms with E-state index in [9.17, 15) is 28.7 Å². The molecule has 0 aliphatic heterocycles. The third-order valence-corrected chi connectivity index (χ3v) is 4.79. The number of hydrogen-bond acceptors (Lipinski definition) is 10. The number of nitrogens with zero attached hydrogens (tertiary/aromatic N) is 3. The summed E-state index contributed by atoms with van der Waals surface area (Å²) in [6, 6.07) is 4.78. The topological polar surface area (TPSA) is 221 Å². The molecular weight excluding hydrogens is 439 g/mol. The van der Waals surface area contributed by atoms with Crippen LogP contribution in [0.5, 0.6) is 0 Å². The van der Waals surface area contributed by atoms with Crippen molar-refractivity contribution in [3.63, 3.8) is 0 Å². The molecule has 2 heterocycles. The normalized spacial score (nSPS) is 11.1. The monoisotopic (exact) mass is 454 g/mol. The second kappa shape index (κ2) is 7.60. The van der Waals surface area contributed by atoms with E-state index in [4.69, 9.17) is 17.2 Å². The molecule has 0 saturated carbocycles. The van der Waals surface area contributed by atoms with Gasteiger partial charge in [0.25, 0.3) is 16.8 Å². The summed E-state index contributed by atoms with van der Waals surface area (Å²) in [6.07, 6.45) is 0. The summed E-state index contributed by atoms with van der Waals surface area (Å²) in [5.41, 5.74) is 14.1. The van der Waals surface area contributed by atoms with Crippen molar-refractivity contribution < 1.29 is 19.1 Å². The molecule has 2 aromatic heterocycles. The highest BCUT2D eigenvalue weighted by Gasteiger charge is 2.21. The number of carbonyl (C=O) groups excluding carboxylic acids is 1. The fraction of sp³-hybridized carbons (Fsp3) is 0.0526. The van der Waals surface area contributed by atoms with Crippen LogP contribution in [0.3, 0.4) is 0 Å². The molecule has 4 aromatic rings. The molecule has 9 N–H and O–H groups in total. The molecule has 0 aliphatic rings. The van der Waals surface area contributed by atoms with E-state index in [0.717, 1.165) is 16.5 Å². The average molecular weight is 454 g/mol. The lowest BCUT2D eigenvalue weighted by Gasteiger charge is -2.13. The lowest BCUT2D eigenvalue weighted by molar-refractivity contribution is 0.0688. The molecule has 0 unspecified atom stereocenters. The summed E-state index contributed by atoms with van der Waals surface area (Å²) in [7, 11) is 0. The number of fused-ring (bicyclic) bond motifs is 1. The van der Waals surface area contributed by atoms with Gasteiger partial charge in [-0.05, 0) is 17.7 Å². The second-order valence-corrected chi connectivity index (χ2v) is 6.91. The number of rotatable bonds is 6. The van der Waals surface area contributed by atoms with Crippen molar-refractivity contribution in [1.82, 2.24) is 19.7 Å². The van der Waals surface area contributed by atoms with Crippen LogP contribution in [-0.4, -0.2) is 31.4 Å². The molecule has 0 atom stereocenters. The molecule has 1 amide bonds. The van der Waals surface area contributed by atoms with Gasteiger partial charge < -0.3 is 32.9 Å². The zero-order valence-electron chi connectivity index (χ0n) is 16.5. The van der Waals surface area contributed by atoms with Gasteiger partial charge in [-0.15, -0.1) is 0 Å². The van der Waals surface area contributed by atoms with Gasteiger partial charge >= 0.3 is 5.97 Å². The number of anilines is 5. The lowest BCUT2D eigenvalue weighted by Crippen LogP contribution is -2.36. The van der Waals surface area contributed by atoms with E-state index in [1.165, 1.54) is 12.1 Å². The van der Waals surface area contributed by atoms with Crippen molar-refractivity contribution >= 4 is 46.4 Å². The maximum absolute atomic E-state index is 14.1. The molecular formula is C19H15FN8O5. The SMILES string of the molecule is Nc1c(Nc2cc(CNC(=O)c3cc(C(=O)O)n4c(N)nc(N)c4n3)ccc2F)c(=O)c1=O. The fourth-order valence-corrected chi connectivity index (χ4v) is 3.12. The Bertz CT molecular complexity index is 1540. The minimum atomic E-state index is -1.38. The lowest BCUT2D eigenvalue weighted by atomic mass is 10.1. The van der Waals surface area contributed by atoms with Crippen molar-refractivity contribution in [2.75, 3.05) is 22.5 Å². The molecule has 0 aliphatic carbocycles. The van der Waals surface area contributed by atoms with E-state index >= 15 is 0 Å². The minimum absolute atomic E-state index is 0.101. The van der Waals surface area contributed by atoms with E-state index in [1.54, 1.807) is 0 Å². The number of aromatic nitrogens is 3. The summed E-state index contributed by atoms with van der Waals surface area (Å²) in [5, 5.41) is 14.4. The Morgan fingerprint density at radius 2 is 1.82 bits per heavy atom. The van der Waals surface area contributed by atoms with Crippen LogP contribution >= 0.6 is 0 Å². The van der Waals surface area contributed by atoms with Gasteiger partial charge in [0, 0.05) is 12.6 Å². The molecule has 0 radical (unpaired) electrons. The number of carboxylic acids is 1. The van der Waals surface area contributed by atoms with Gasteiger partial charge in [-0.2, -0.15) is 4.98 Å². The van der Waals surface area contributed by atoms with Crippen molar-refractivity contribution in [1.29, 1.82) is 0 Å². The Morgan fingerprint density at radius 3 is 2.48 bits per heavy atom. The maximum atomic E-state index is 14.1. The van der Waals surface area contributed by atoms with Gasteiger partial charge in [0.15, 0.2) is 11.5 Å². The number of aromatic carboxylic acids is 1. The van der Waals surface area contributed by atoms with Crippen LogP contribution in [0.25, 0.3) is 5.65 Å². The third-order valence-electron chi connectivity index (χ3n) is 4.79. The van der Waals surface area contributed by atoms with Crippen LogP contribution in [0.15, 0.2) is 33.9 Å². The first-order valence-corrected chi connectivity index (χ1v) is 9.18. The predicted molar refractivity (Wildman–Crippen MR) is 115 cm³/mol. The van der Waals surface area contributed by atoms with Crippen molar-refractivity contribution in [2.24, 2.45) is 0 Å². The Hall–Kier alpha value is -5.01. The van der Waals surface area contributed by atoms with Crippen LogP contribution in [0.4, 0.5) is 33.2 Å². The maximum Gasteiger partial charge on any atom is 0.353 e. The zero-order valence-corrected chi connectivity index (χ0v) is 16.5. The van der Waals surface area contributed by atoms with Crippen LogP contribution < -0.4 is 38.7 Å². The minimum Gasteiger partial charge on any atom is -0.477 e. The first kappa shape index (κ1) is 21.2. The number of imidazole rings is 1. The summed E-state index contributed by atoms with van der Waals surface area (Å²) >= 11 is 0. The summed E-state index contributed by atoms with van der Waals surface area (Å²) in [6.45, 7) is -0.110. The number of carbonyl (C=O) groups is 2. The molecule has 0 spiro atoms. The van der Waals surface area contributed by atoms with Crippen LogP contribution in [0, 0.1) is 5.82 Å². The van der Waals surface area contributed by atoms with E-state index in [-0.39, 0.29) is 52.4 Å². The summed E-state index contributed by atoms with van der Waals surface area (Å²) in [4.78, 5) is 54.7. The van der Waals surface area contributed by atoms with Gasteiger partial charge in [-0.3, -0.25) is 18.8 Å². The first-order valence-electron chi connectivity index (χ1n) is 9.18. The number of nitrogen functional groups attached to an aromatic ring is 3. The molecule has 4 rings (SSSR count). The third kappa shape index (κ3) is 3.54. The fourth-order valence-electron chi connectivity index (χ4n) is 3.12. The van der Waals surface area contributed by atoms with E-state index < -0.39 is 28.6 Å². The molecule has 168 valence electrons. The summed E-state index contributed by atoms with van der Waals surface area (Å²) < 4.78 is 15.1. The smallest absolute Gasteiger partial charge is 0.353 e. The van der Waals surface area contributed by atoms with E-state index in [0.29, 0.717) is 5.56 Å². The van der Waals surface area contributed by atoms with Gasteiger partial charge in [0.2, 0.25) is 5.95 Å². The molecule has 14 heteroatoms. The predicted octanol–water partition coefficient (Wildman–Crippen LogP) is -0.417. The Balaban J connectivity index is 1.56. The standard InChI is InChI=1S/C19H15FN8O5/c20-7-2-1-6(3-8(7)25-12-11(21)13(29)14(12)30)5-24-17(31)9-4-10(18(32)33)28-16(26-9)15(22)27-19(28)23/h1-4,25H,5,21-22H2,(H2,23,27)(H,24,31)(H,32,33). The number of amides is 1. The quantitative estimate of drug-likeness (QED) is 0.205. The highest BCUT2D eigenvalue weighted by molar-refractivity contribution is 5.97. The van der Waals surface area contributed by atoms with Crippen molar-refractivity contribution in [2.45, 2.75) is 6.54 Å². The number of carboxylic acid groups (broad SMARTS) is 1. The zero-order chi connectivity index (χ0) is 24.0.